The van der Waals surface area contributed by atoms with Gasteiger partial charge < -0.3 is 4.74 Å². The summed E-state index contributed by atoms with van der Waals surface area (Å²) in [5.41, 5.74) is 6.43. The number of ether oxygens (including phenoxy) is 1. The number of rotatable bonds is 7. The van der Waals surface area contributed by atoms with Crippen LogP contribution in [0.3, 0.4) is 0 Å². The van der Waals surface area contributed by atoms with Crippen molar-refractivity contribution in [1.29, 1.82) is 0 Å². The maximum Gasteiger partial charge on any atom is 0.268 e. The molecule has 5 aromatic rings. The van der Waals surface area contributed by atoms with E-state index in [-0.39, 0.29) is 11.1 Å². The van der Waals surface area contributed by atoms with Crippen molar-refractivity contribution in [3.05, 3.63) is 121 Å². The molecule has 0 amide bonds. The third kappa shape index (κ3) is 4.31. The van der Waals surface area contributed by atoms with Crippen molar-refractivity contribution in [1.82, 2.24) is 20.4 Å². The second-order valence-corrected chi connectivity index (χ2v) is 8.90. The van der Waals surface area contributed by atoms with E-state index in [0.29, 0.717) is 29.1 Å². The lowest BCUT2D eigenvalue weighted by atomic mass is 9.83. The van der Waals surface area contributed by atoms with Gasteiger partial charge in [-0.1, -0.05) is 71.8 Å². The van der Waals surface area contributed by atoms with Crippen molar-refractivity contribution in [3.63, 3.8) is 0 Å². The molecule has 0 saturated carbocycles. The fourth-order valence-electron chi connectivity index (χ4n) is 4.58. The Morgan fingerprint density at radius 1 is 0.639 bits per heavy atom. The lowest BCUT2D eigenvalue weighted by Crippen LogP contribution is -2.20. The number of nitrogens with one attached hydrogen (secondary N) is 4. The van der Waals surface area contributed by atoms with E-state index >= 15 is 0 Å². The Morgan fingerprint density at radius 3 is 1.50 bits per heavy atom. The zero-order chi connectivity index (χ0) is 25.2. The predicted octanol–water partition coefficient (Wildman–Crippen LogP) is 5.25. The van der Waals surface area contributed by atoms with Crippen molar-refractivity contribution in [2.24, 2.45) is 0 Å². The Morgan fingerprint density at radius 2 is 1.08 bits per heavy atom. The van der Waals surface area contributed by atoms with Crippen LogP contribution in [0.5, 0.6) is 5.75 Å². The van der Waals surface area contributed by atoms with Gasteiger partial charge in [0.05, 0.1) is 29.1 Å². The van der Waals surface area contributed by atoms with Crippen molar-refractivity contribution < 1.29 is 4.74 Å². The molecule has 5 rings (SSSR count). The first-order valence-electron chi connectivity index (χ1n) is 11.9. The number of H-pyrrole nitrogens is 4. The molecule has 3 aromatic carbocycles. The Bertz CT molecular complexity index is 1490. The minimum atomic E-state index is -0.640. The molecule has 182 valence electrons. The summed E-state index contributed by atoms with van der Waals surface area (Å²) in [6.07, 6.45) is 0. The standard InChI is InChI=1S/C29H28N4O3/c1-4-36-22-15-13-19(14-16-22)23(24-26(30-32-28(24)34)20-9-5-17(2)6-10-20)25-27(31-33-29(25)35)21-11-7-18(3)8-12-21/h5-16,23H,4H2,1-3H3,(H2,30,32,34)(H2,31,33,35). The smallest absolute Gasteiger partial charge is 0.268 e. The van der Waals surface area contributed by atoms with Gasteiger partial charge in [0, 0.05) is 5.92 Å². The van der Waals surface area contributed by atoms with Gasteiger partial charge in [0.15, 0.2) is 0 Å². The monoisotopic (exact) mass is 480 g/mol. The van der Waals surface area contributed by atoms with Crippen LogP contribution in [-0.4, -0.2) is 27.0 Å². The van der Waals surface area contributed by atoms with Gasteiger partial charge in [0.25, 0.3) is 11.1 Å². The predicted molar refractivity (Wildman–Crippen MR) is 142 cm³/mol. The van der Waals surface area contributed by atoms with Crippen molar-refractivity contribution in [3.8, 4) is 28.3 Å². The SMILES string of the molecule is CCOc1ccc(C(c2c(-c3ccc(C)cc3)[nH][nH]c2=O)c2c(-c3ccc(C)cc3)[nH][nH]c2=O)cc1. The summed E-state index contributed by atoms with van der Waals surface area (Å²) in [7, 11) is 0. The van der Waals surface area contributed by atoms with Crippen molar-refractivity contribution >= 4 is 0 Å². The molecule has 0 aliphatic rings. The summed E-state index contributed by atoms with van der Waals surface area (Å²) in [6.45, 7) is 6.50. The van der Waals surface area contributed by atoms with Crippen molar-refractivity contribution in [2.45, 2.75) is 26.7 Å². The molecule has 0 atom stereocenters. The molecule has 4 N–H and O–H groups in total. The Labute approximate surface area is 208 Å². The molecule has 0 radical (unpaired) electrons. The van der Waals surface area contributed by atoms with Crippen LogP contribution >= 0.6 is 0 Å². The van der Waals surface area contributed by atoms with E-state index in [0.717, 1.165) is 33.6 Å². The van der Waals surface area contributed by atoms with E-state index in [1.54, 1.807) is 0 Å². The molecular weight excluding hydrogens is 452 g/mol. The van der Waals surface area contributed by atoms with E-state index < -0.39 is 5.92 Å². The first kappa shape index (κ1) is 23.2. The van der Waals surface area contributed by atoms with Crippen LogP contribution < -0.4 is 15.9 Å². The quantitative estimate of drug-likeness (QED) is 0.256. The molecular formula is C29H28N4O3. The maximum atomic E-state index is 13.3. The van der Waals surface area contributed by atoms with Gasteiger partial charge >= 0.3 is 0 Å². The second kappa shape index (κ2) is 9.62. The summed E-state index contributed by atoms with van der Waals surface area (Å²) in [5.74, 6) is 0.0850. The van der Waals surface area contributed by atoms with E-state index in [1.165, 1.54) is 0 Å². The van der Waals surface area contributed by atoms with E-state index in [9.17, 15) is 9.59 Å². The third-order valence-corrected chi connectivity index (χ3v) is 6.41. The van der Waals surface area contributed by atoms with Crippen LogP contribution in [0, 0.1) is 13.8 Å². The molecule has 0 fully saturated rings. The summed E-state index contributed by atoms with van der Waals surface area (Å²) >= 11 is 0. The lowest BCUT2D eigenvalue weighted by molar-refractivity contribution is 0.340. The molecule has 7 nitrogen and oxygen atoms in total. The first-order valence-corrected chi connectivity index (χ1v) is 11.9. The average molecular weight is 481 g/mol. The van der Waals surface area contributed by atoms with Crippen LogP contribution in [0.4, 0.5) is 0 Å². The zero-order valence-electron chi connectivity index (χ0n) is 20.4. The van der Waals surface area contributed by atoms with Crippen LogP contribution in [0.25, 0.3) is 22.5 Å². The Hall–Kier alpha value is -4.52. The summed E-state index contributed by atoms with van der Waals surface area (Å²) in [6, 6.07) is 23.4. The molecule has 0 saturated heterocycles. The first-order chi connectivity index (χ1) is 17.5. The topological polar surface area (TPSA) is 107 Å². The highest BCUT2D eigenvalue weighted by atomic mass is 16.5. The van der Waals surface area contributed by atoms with Gasteiger partial charge in [-0.05, 0) is 49.6 Å². The van der Waals surface area contributed by atoms with Crippen LogP contribution in [0.15, 0.2) is 82.4 Å². The molecule has 0 aliphatic carbocycles. The fourth-order valence-corrected chi connectivity index (χ4v) is 4.58. The Kier molecular flexibility index (Phi) is 6.21. The third-order valence-electron chi connectivity index (χ3n) is 6.41. The van der Waals surface area contributed by atoms with Gasteiger partial charge in [0.2, 0.25) is 0 Å². The summed E-state index contributed by atoms with van der Waals surface area (Å²) in [5, 5.41) is 11.6. The fraction of sp³-hybridized carbons (Fsp3) is 0.172. The molecule has 0 aliphatic heterocycles. The molecule has 0 unspecified atom stereocenters. The normalized spacial score (nSPS) is 11.2. The molecule has 2 aromatic heterocycles. The second-order valence-electron chi connectivity index (χ2n) is 8.90. The lowest BCUT2D eigenvalue weighted by Gasteiger charge is -2.18. The van der Waals surface area contributed by atoms with Gasteiger partial charge in [-0.15, -0.1) is 0 Å². The number of hydrogen-bond acceptors (Lipinski definition) is 3. The largest absolute Gasteiger partial charge is 0.494 e. The minimum absolute atomic E-state index is 0.278. The van der Waals surface area contributed by atoms with E-state index in [4.69, 9.17) is 4.74 Å². The Balaban J connectivity index is 1.76. The maximum absolute atomic E-state index is 13.3. The van der Waals surface area contributed by atoms with Crippen molar-refractivity contribution in [2.75, 3.05) is 6.61 Å². The molecule has 7 heteroatoms. The van der Waals surface area contributed by atoms with Gasteiger partial charge in [-0.3, -0.25) is 30.0 Å². The number of aromatic amines is 4. The molecule has 36 heavy (non-hydrogen) atoms. The number of hydrogen-bond donors (Lipinski definition) is 4. The van der Waals surface area contributed by atoms with Crippen LogP contribution in [-0.2, 0) is 0 Å². The average Bonchev–Trinajstić information content (AvgIpc) is 3.45. The summed E-state index contributed by atoms with van der Waals surface area (Å²) in [4.78, 5) is 26.7. The highest BCUT2D eigenvalue weighted by molar-refractivity contribution is 5.70. The van der Waals surface area contributed by atoms with Gasteiger partial charge in [-0.2, -0.15) is 0 Å². The minimum Gasteiger partial charge on any atom is -0.494 e. The zero-order valence-corrected chi connectivity index (χ0v) is 20.4. The van der Waals surface area contributed by atoms with Gasteiger partial charge in [0.1, 0.15) is 5.75 Å². The molecule has 0 bridgehead atoms. The molecule has 0 spiro atoms. The highest BCUT2D eigenvalue weighted by Crippen LogP contribution is 2.38. The highest BCUT2D eigenvalue weighted by Gasteiger charge is 2.31. The number of benzene rings is 3. The number of aryl methyl sites for hydroxylation is 2. The van der Waals surface area contributed by atoms with Crippen LogP contribution in [0.1, 0.15) is 40.7 Å². The van der Waals surface area contributed by atoms with E-state index in [1.807, 2.05) is 93.6 Å². The molecule has 2 heterocycles. The number of aromatic nitrogens is 4. The van der Waals surface area contributed by atoms with E-state index in [2.05, 4.69) is 20.4 Å². The van der Waals surface area contributed by atoms with Gasteiger partial charge in [-0.25, -0.2) is 0 Å². The summed E-state index contributed by atoms with van der Waals surface area (Å²) < 4.78 is 5.63. The van der Waals surface area contributed by atoms with Crippen LogP contribution in [0.2, 0.25) is 0 Å².